The highest BCUT2D eigenvalue weighted by atomic mass is 79.9. The molecule has 0 bridgehead atoms. The van der Waals surface area contributed by atoms with Crippen LogP contribution in [0.2, 0.25) is 0 Å². The van der Waals surface area contributed by atoms with E-state index in [-0.39, 0.29) is 5.41 Å². The minimum Gasteiger partial charge on any atom is -0.388 e. The zero-order chi connectivity index (χ0) is 11.6. The van der Waals surface area contributed by atoms with E-state index in [1.54, 1.807) is 0 Å². The van der Waals surface area contributed by atoms with Gasteiger partial charge >= 0.3 is 0 Å². The summed E-state index contributed by atoms with van der Waals surface area (Å²) in [5.74, 6) is 0. The summed E-state index contributed by atoms with van der Waals surface area (Å²) in [6.45, 7) is 6.41. The van der Waals surface area contributed by atoms with Crippen molar-refractivity contribution in [2.24, 2.45) is 11.1 Å². The van der Waals surface area contributed by atoms with Gasteiger partial charge in [0.15, 0.2) is 0 Å². The third kappa shape index (κ3) is 2.80. The lowest BCUT2D eigenvalue weighted by molar-refractivity contribution is 0.0554. The molecule has 0 heterocycles. The molecule has 1 aromatic carbocycles. The number of rotatable bonds is 3. The van der Waals surface area contributed by atoms with Crippen LogP contribution < -0.4 is 5.73 Å². The van der Waals surface area contributed by atoms with Gasteiger partial charge in [-0.15, -0.1) is 0 Å². The largest absolute Gasteiger partial charge is 0.388 e. The van der Waals surface area contributed by atoms with Crippen LogP contribution >= 0.6 is 15.9 Å². The van der Waals surface area contributed by atoms with E-state index in [1.165, 1.54) is 0 Å². The number of benzene rings is 1. The summed E-state index contributed by atoms with van der Waals surface area (Å²) in [5.41, 5.74) is 7.40. The Hall–Kier alpha value is -0.380. The van der Waals surface area contributed by atoms with Gasteiger partial charge in [0.1, 0.15) is 0 Å². The molecule has 1 aromatic rings. The summed E-state index contributed by atoms with van der Waals surface area (Å²) < 4.78 is 1.06. The van der Waals surface area contributed by atoms with Crippen molar-refractivity contribution in [2.45, 2.75) is 26.9 Å². The summed E-state index contributed by atoms with van der Waals surface area (Å²) in [6, 6.07) is 5.88. The Morgan fingerprint density at radius 3 is 2.53 bits per heavy atom. The zero-order valence-corrected chi connectivity index (χ0v) is 11.0. The predicted molar refractivity (Wildman–Crippen MR) is 66.7 cm³/mol. The molecule has 0 aliphatic heterocycles. The van der Waals surface area contributed by atoms with Crippen LogP contribution in [0.1, 0.15) is 31.1 Å². The van der Waals surface area contributed by atoms with Crippen LogP contribution in [0.3, 0.4) is 0 Å². The van der Waals surface area contributed by atoms with E-state index in [2.05, 4.69) is 15.9 Å². The molecule has 0 radical (unpaired) electrons. The lowest BCUT2D eigenvalue weighted by Crippen LogP contribution is -2.30. The molecule has 84 valence electrons. The lowest BCUT2D eigenvalue weighted by Gasteiger charge is -2.29. The van der Waals surface area contributed by atoms with Gasteiger partial charge in [-0.2, -0.15) is 0 Å². The third-order valence-electron chi connectivity index (χ3n) is 2.76. The van der Waals surface area contributed by atoms with Crippen molar-refractivity contribution in [1.29, 1.82) is 0 Å². The quantitative estimate of drug-likeness (QED) is 0.888. The van der Waals surface area contributed by atoms with Crippen LogP contribution in [0.15, 0.2) is 22.7 Å². The second-order valence-electron chi connectivity index (χ2n) is 4.60. The van der Waals surface area contributed by atoms with E-state index in [4.69, 9.17) is 5.73 Å². The van der Waals surface area contributed by atoms with Crippen LogP contribution in [0, 0.1) is 12.3 Å². The molecule has 0 aromatic heterocycles. The standard InChI is InChI=1S/C12H18BrNO/c1-8-6-9(4-5-10(8)13)11(15)12(2,3)7-14/h4-6,11,15H,7,14H2,1-3H3. The van der Waals surface area contributed by atoms with E-state index in [0.29, 0.717) is 6.54 Å². The summed E-state index contributed by atoms with van der Waals surface area (Å²) >= 11 is 3.44. The van der Waals surface area contributed by atoms with Gasteiger partial charge < -0.3 is 10.8 Å². The first-order valence-electron chi connectivity index (χ1n) is 5.02. The van der Waals surface area contributed by atoms with Gasteiger partial charge in [-0.3, -0.25) is 0 Å². The van der Waals surface area contributed by atoms with Crippen molar-refractivity contribution in [2.75, 3.05) is 6.54 Å². The summed E-state index contributed by atoms with van der Waals surface area (Å²) in [5, 5.41) is 10.2. The van der Waals surface area contributed by atoms with E-state index >= 15 is 0 Å². The molecule has 0 aliphatic rings. The molecule has 1 unspecified atom stereocenters. The average molecular weight is 272 g/mol. The van der Waals surface area contributed by atoms with Crippen molar-refractivity contribution in [1.82, 2.24) is 0 Å². The molecule has 3 N–H and O–H groups in total. The van der Waals surface area contributed by atoms with E-state index < -0.39 is 6.10 Å². The number of hydrogen-bond donors (Lipinski definition) is 2. The molecule has 0 saturated carbocycles. The number of halogens is 1. The van der Waals surface area contributed by atoms with Crippen molar-refractivity contribution < 1.29 is 5.11 Å². The highest BCUT2D eigenvalue weighted by Crippen LogP contribution is 2.33. The molecular weight excluding hydrogens is 254 g/mol. The maximum absolute atomic E-state index is 10.2. The molecular formula is C12H18BrNO. The van der Waals surface area contributed by atoms with Gasteiger partial charge in [-0.05, 0) is 24.1 Å². The first-order chi connectivity index (χ1) is 6.88. The SMILES string of the molecule is Cc1cc(C(O)C(C)(C)CN)ccc1Br. The maximum atomic E-state index is 10.2. The molecule has 1 atom stereocenters. The third-order valence-corrected chi connectivity index (χ3v) is 3.65. The molecule has 0 saturated heterocycles. The Balaban J connectivity index is 3.02. The van der Waals surface area contributed by atoms with Gasteiger partial charge in [0, 0.05) is 16.4 Å². The zero-order valence-electron chi connectivity index (χ0n) is 9.42. The first-order valence-corrected chi connectivity index (χ1v) is 5.82. The fraction of sp³-hybridized carbons (Fsp3) is 0.500. The summed E-state index contributed by atoms with van der Waals surface area (Å²) in [7, 11) is 0. The van der Waals surface area contributed by atoms with E-state index in [1.807, 2.05) is 39.0 Å². The molecule has 3 heteroatoms. The Morgan fingerprint density at radius 1 is 1.47 bits per heavy atom. The smallest absolute Gasteiger partial charge is 0.0853 e. The van der Waals surface area contributed by atoms with Gasteiger partial charge in [0.2, 0.25) is 0 Å². The van der Waals surface area contributed by atoms with Gasteiger partial charge in [-0.25, -0.2) is 0 Å². The van der Waals surface area contributed by atoms with Crippen molar-refractivity contribution in [3.05, 3.63) is 33.8 Å². The Bertz CT molecular complexity index is 349. The minimum atomic E-state index is -0.519. The number of aliphatic hydroxyl groups excluding tert-OH is 1. The Kier molecular flexibility index (Phi) is 3.93. The predicted octanol–water partition coefficient (Wildman–Crippen LogP) is 2.78. The van der Waals surface area contributed by atoms with Crippen molar-refractivity contribution in [3.8, 4) is 0 Å². The molecule has 1 rings (SSSR count). The number of aryl methyl sites for hydroxylation is 1. The molecule has 15 heavy (non-hydrogen) atoms. The normalized spacial score (nSPS) is 14.0. The number of hydrogen-bond acceptors (Lipinski definition) is 2. The van der Waals surface area contributed by atoms with Crippen molar-refractivity contribution >= 4 is 15.9 Å². The second-order valence-corrected chi connectivity index (χ2v) is 5.46. The molecule has 0 amide bonds. The average Bonchev–Trinajstić information content (AvgIpc) is 2.21. The van der Waals surface area contributed by atoms with E-state index in [0.717, 1.165) is 15.6 Å². The molecule has 2 nitrogen and oxygen atoms in total. The van der Waals surface area contributed by atoms with Crippen LogP contribution in [0.4, 0.5) is 0 Å². The molecule has 0 spiro atoms. The fourth-order valence-electron chi connectivity index (χ4n) is 1.40. The lowest BCUT2D eigenvalue weighted by atomic mass is 9.82. The van der Waals surface area contributed by atoms with Crippen LogP contribution in [-0.4, -0.2) is 11.7 Å². The van der Waals surface area contributed by atoms with Gasteiger partial charge in [0.25, 0.3) is 0 Å². The fourth-order valence-corrected chi connectivity index (χ4v) is 1.65. The van der Waals surface area contributed by atoms with E-state index in [9.17, 15) is 5.11 Å². The molecule has 0 aliphatic carbocycles. The highest BCUT2D eigenvalue weighted by Gasteiger charge is 2.27. The summed E-state index contributed by atoms with van der Waals surface area (Å²) in [4.78, 5) is 0. The Morgan fingerprint density at radius 2 is 2.07 bits per heavy atom. The topological polar surface area (TPSA) is 46.2 Å². The van der Waals surface area contributed by atoms with Crippen LogP contribution in [0.25, 0.3) is 0 Å². The monoisotopic (exact) mass is 271 g/mol. The Labute approximate surface area is 99.6 Å². The molecule has 0 fully saturated rings. The van der Waals surface area contributed by atoms with Gasteiger partial charge in [0.05, 0.1) is 6.10 Å². The van der Waals surface area contributed by atoms with Crippen molar-refractivity contribution in [3.63, 3.8) is 0 Å². The van der Waals surface area contributed by atoms with Crippen LogP contribution in [-0.2, 0) is 0 Å². The van der Waals surface area contributed by atoms with Crippen LogP contribution in [0.5, 0.6) is 0 Å². The maximum Gasteiger partial charge on any atom is 0.0853 e. The number of nitrogens with two attached hydrogens (primary N) is 1. The first kappa shape index (κ1) is 12.7. The number of aliphatic hydroxyl groups is 1. The minimum absolute atomic E-state index is 0.291. The van der Waals surface area contributed by atoms with Gasteiger partial charge in [-0.1, -0.05) is 41.9 Å². The summed E-state index contributed by atoms with van der Waals surface area (Å²) in [6.07, 6.45) is -0.519. The highest BCUT2D eigenvalue weighted by molar-refractivity contribution is 9.10. The second kappa shape index (κ2) is 4.64.